The van der Waals surface area contributed by atoms with Gasteiger partial charge in [0.1, 0.15) is 6.61 Å². The number of hydrogen-bond acceptors (Lipinski definition) is 3. The summed E-state index contributed by atoms with van der Waals surface area (Å²) < 4.78 is 41.1. The van der Waals surface area contributed by atoms with Crippen molar-refractivity contribution in [2.45, 2.75) is 32.2 Å². The van der Waals surface area contributed by atoms with Crippen LogP contribution < -0.4 is 5.32 Å². The minimum atomic E-state index is -4.34. The van der Waals surface area contributed by atoms with Crippen molar-refractivity contribution in [2.24, 2.45) is 5.92 Å². The molecule has 184 valence electrons. The zero-order valence-corrected chi connectivity index (χ0v) is 19.2. The summed E-state index contributed by atoms with van der Waals surface area (Å²) in [4.78, 5) is 27.6. The Labute approximate surface area is 201 Å². The maximum atomic E-state index is 13.1. The molecule has 0 aromatic heterocycles. The van der Waals surface area contributed by atoms with Gasteiger partial charge in [-0.15, -0.1) is 0 Å². The number of benzene rings is 3. The maximum absolute atomic E-state index is 13.1. The van der Waals surface area contributed by atoms with Crippen molar-refractivity contribution in [1.82, 2.24) is 10.2 Å². The first-order valence-corrected chi connectivity index (χ1v) is 11.6. The lowest BCUT2D eigenvalue weighted by Gasteiger charge is -2.31. The number of ether oxygens (including phenoxy) is 1. The van der Waals surface area contributed by atoms with Crippen molar-refractivity contribution in [3.05, 3.63) is 83.4 Å². The summed E-state index contributed by atoms with van der Waals surface area (Å²) in [5.74, 6) is -0.235. The van der Waals surface area contributed by atoms with Crippen LogP contribution in [0.4, 0.5) is 13.2 Å². The number of carbonyl (C=O) groups excluding carboxylic acids is 2. The number of halogens is 3. The summed E-state index contributed by atoms with van der Waals surface area (Å²) in [5, 5.41) is 4.88. The van der Waals surface area contributed by atoms with Crippen molar-refractivity contribution in [1.29, 1.82) is 0 Å². The van der Waals surface area contributed by atoms with Crippen LogP contribution in [0.25, 0.3) is 10.8 Å². The predicted octanol–water partition coefficient (Wildman–Crippen LogP) is 5.09. The normalized spacial score (nSPS) is 14.8. The molecule has 0 radical (unpaired) electrons. The van der Waals surface area contributed by atoms with E-state index in [0.717, 1.165) is 16.3 Å². The second-order valence-corrected chi connectivity index (χ2v) is 8.74. The Bertz CT molecular complexity index is 1170. The minimum Gasteiger partial charge on any atom is -0.367 e. The van der Waals surface area contributed by atoms with E-state index in [0.29, 0.717) is 43.6 Å². The second-order valence-electron chi connectivity index (χ2n) is 8.74. The monoisotopic (exact) mass is 484 g/mol. The van der Waals surface area contributed by atoms with Crippen molar-refractivity contribution < 1.29 is 27.5 Å². The summed E-state index contributed by atoms with van der Waals surface area (Å²) in [6.45, 7) is -0.0312. The molecule has 1 N–H and O–H groups in total. The lowest BCUT2D eigenvalue weighted by molar-refractivity contribution is -0.176. The zero-order chi connectivity index (χ0) is 24.8. The molecule has 35 heavy (non-hydrogen) atoms. The molecule has 0 saturated carbocycles. The van der Waals surface area contributed by atoms with Gasteiger partial charge in [-0.3, -0.25) is 9.59 Å². The average molecular weight is 485 g/mol. The Morgan fingerprint density at radius 2 is 1.57 bits per heavy atom. The number of alkyl halides is 3. The third-order valence-corrected chi connectivity index (χ3v) is 6.20. The van der Waals surface area contributed by atoms with Gasteiger partial charge < -0.3 is 15.0 Å². The third-order valence-electron chi connectivity index (χ3n) is 6.20. The number of nitrogens with one attached hydrogen (secondary N) is 1. The van der Waals surface area contributed by atoms with Gasteiger partial charge in [-0.2, -0.15) is 13.2 Å². The average Bonchev–Trinajstić information content (AvgIpc) is 2.86. The molecule has 0 bridgehead atoms. The van der Waals surface area contributed by atoms with E-state index in [9.17, 15) is 22.8 Å². The van der Waals surface area contributed by atoms with Crippen LogP contribution in [0.3, 0.4) is 0 Å². The van der Waals surface area contributed by atoms with Crippen LogP contribution in [-0.4, -0.2) is 42.6 Å². The van der Waals surface area contributed by atoms with Crippen LogP contribution in [0, 0.1) is 5.92 Å². The minimum absolute atomic E-state index is 0.0139. The highest BCUT2D eigenvalue weighted by atomic mass is 19.4. The lowest BCUT2D eigenvalue weighted by atomic mass is 9.94. The fraction of sp³-hybridized carbons (Fsp3) is 0.333. The summed E-state index contributed by atoms with van der Waals surface area (Å²) in [7, 11) is 0. The van der Waals surface area contributed by atoms with Crippen LogP contribution in [0.1, 0.15) is 34.3 Å². The molecule has 0 atom stereocenters. The molecule has 1 aliphatic heterocycles. The lowest BCUT2D eigenvalue weighted by Crippen LogP contribution is -2.43. The number of hydrogen-bond donors (Lipinski definition) is 1. The Hall–Kier alpha value is -3.39. The summed E-state index contributed by atoms with van der Waals surface area (Å²) in [6, 6.07) is 20.4. The molecule has 2 amide bonds. The van der Waals surface area contributed by atoms with E-state index in [-0.39, 0.29) is 24.3 Å². The van der Waals surface area contributed by atoms with E-state index in [2.05, 4.69) is 10.1 Å². The Morgan fingerprint density at radius 1 is 0.914 bits per heavy atom. The first kappa shape index (κ1) is 24.7. The third kappa shape index (κ3) is 6.60. The maximum Gasteiger partial charge on any atom is 0.411 e. The highest BCUT2D eigenvalue weighted by Crippen LogP contribution is 2.24. The smallest absolute Gasteiger partial charge is 0.367 e. The molecule has 0 unspecified atom stereocenters. The summed E-state index contributed by atoms with van der Waals surface area (Å²) in [6.07, 6.45) is -3.15. The largest absolute Gasteiger partial charge is 0.411 e. The number of rotatable bonds is 7. The molecule has 1 aliphatic rings. The van der Waals surface area contributed by atoms with Crippen LogP contribution in [0.2, 0.25) is 0 Å². The van der Waals surface area contributed by atoms with Crippen molar-refractivity contribution in [3.8, 4) is 0 Å². The predicted molar refractivity (Wildman–Crippen MR) is 127 cm³/mol. The number of carbonyl (C=O) groups is 2. The quantitative estimate of drug-likeness (QED) is 0.509. The number of nitrogens with zero attached hydrogens (tertiary/aromatic N) is 1. The fourth-order valence-corrected chi connectivity index (χ4v) is 4.30. The Morgan fingerprint density at radius 3 is 2.29 bits per heavy atom. The fourth-order valence-electron chi connectivity index (χ4n) is 4.30. The molecule has 0 spiro atoms. The molecule has 3 aromatic rings. The van der Waals surface area contributed by atoms with Gasteiger partial charge in [-0.25, -0.2) is 0 Å². The molecule has 4 rings (SSSR count). The molecule has 1 fully saturated rings. The molecular formula is C27H27F3N2O3. The highest BCUT2D eigenvalue weighted by molar-refractivity contribution is 6.07. The van der Waals surface area contributed by atoms with Gasteiger partial charge in [-0.05, 0) is 40.8 Å². The highest BCUT2D eigenvalue weighted by Gasteiger charge is 2.29. The van der Waals surface area contributed by atoms with Crippen LogP contribution in [0.5, 0.6) is 0 Å². The zero-order valence-electron chi connectivity index (χ0n) is 19.2. The van der Waals surface area contributed by atoms with Gasteiger partial charge >= 0.3 is 6.18 Å². The Balaban J connectivity index is 1.24. The van der Waals surface area contributed by atoms with Crippen molar-refractivity contribution in [3.63, 3.8) is 0 Å². The molecule has 0 aliphatic carbocycles. The number of piperidine rings is 1. The van der Waals surface area contributed by atoms with Gasteiger partial charge in [-0.1, -0.05) is 60.7 Å². The number of amides is 2. The molecule has 1 heterocycles. The van der Waals surface area contributed by atoms with E-state index in [1.54, 1.807) is 24.3 Å². The first-order valence-electron chi connectivity index (χ1n) is 11.6. The SMILES string of the molecule is O=C(NCc1ccc(COCC(F)(F)F)cc1)C1CCN(C(=O)c2cccc3ccccc23)CC1. The van der Waals surface area contributed by atoms with Crippen LogP contribution in [0.15, 0.2) is 66.7 Å². The van der Waals surface area contributed by atoms with Gasteiger partial charge in [0.05, 0.1) is 6.61 Å². The first-order chi connectivity index (χ1) is 16.8. The topological polar surface area (TPSA) is 58.6 Å². The standard InChI is InChI=1S/C27H27F3N2O3/c28-27(29,30)18-35-17-20-10-8-19(9-11-20)16-31-25(33)22-12-14-32(15-13-22)26(34)24-7-3-5-21-4-1-2-6-23(21)24/h1-11,22H,12-18H2,(H,31,33). The second kappa shape index (κ2) is 10.9. The molecule has 3 aromatic carbocycles. The molecule has 8 heteroatoms. The number of fused-ring (bicyclic) bond motifs is 1. The van der Waals surface area contributed by atoms with Crippen LogP contribution >= 0.6 is 0 Å². The van der Waals surface area contributed by atoms with Crippen LogP contribution in [-0.2, 0) is 22.7 Å². The van der Waals surface area contributed by atoms with E-state index >= 15 is 0 Å². The van der Waals surface area contributed by atoms with E-state index in [1.165, 1.54) is 0 Å². The van der Waals surface area contributed by atoms with E-state index < -0.39 is 12.8 Å². The van der Waals surface area contributed by atoms with E-state index in [4.69, 9.17) is 0 Å². The van der Waals surface area contributed by atoms with Crippen molar-refractivity contribution >= 4 is 22.6 Å². The Kier molecular flexibility index (Phi) is 7.70. The van der Waals surface area contributed by atoms with Gasteiger partial charge in [0.25, 0.3) is 5.91 Å². The molecule has 5 nitrogen and oxygen atoms in total. The van der Waals surface area contributed by atoms with E-state index in [1.807, 2.05) is 47.4 Å². The molecule has 1 saturated heterocycles. The molecular weight excluding hydrogens is 457 g/mol. The van der Waals surface area contributed by atoms with Crippen molar-refractivity contribution in [2.75, 3.05) is 19.7 Å². The summed E-state index contributed by atoms with van der Waals surface area (Å²) >= 11 is 0. The van der Waals surface area contributed by atoms with Gasteiger partial charge in [0, 0.05) is 31.1 Å². The summed E-state index contributed by atoms with van der Waals surface area (Å²) in [5.41, 5.74) is 2.16. The number of likely N-dealkylation sites (tertiary alicyclic amines) is 1. The van der Waals surface area contributed by atoms with Gasteiger partial charge in [0.2, 0.25) is 5.91 Å². The van der Waals surface area contributed by atoms with Gasteiger partial charge in [0.15, 0.2) is 0 Å².